The van der Waals surface area contributed by atoms with Crippen molar-refractivity contribution >= 4 is 17.6 Å². The van der Waals surface area contributed by atoms with E-state index in [4.69, 9.17) is 10.5 Å². The van der Waals surface area contributed by atoms with E-state index < -0.39 is 0 Å². The Labute approximate surface area is 148 Å². The molecular formula is C19H24N4O2. The molecule has 0 radical (unpaired) electrons. The summed E-state index contributed by atoms with van der Waals surface area (Å²) in [5.74, 6) is 0.881. The fourth-order valence-corrected chi connectivity index (χ4v) is 2.20. The second-order valence-electron chi connectivity index (χ2n) is 5.68. The number of aryl methyl sites for hydroxylation is 2. The topological polar surface area (TPSA) is 88.7 Å². The predicted molar refractivity (Wildman–Crippen MR) is 101 cm³/mol. The number of anilines is 1. The van der Waals surface area contributed by atoms with Crippen molar-refractivity contribution in [2.24, 2.45) is 10.7 Å². The quantitative estimate of drug-likeness (QED) is 0.428. The maximum atomic E-state index is 12.0. The first-order chi connectivity index (χ1) is 12.0. The van der Waals surface area contributed by atoms with Gasteiger partial charge in [-0.1, -0.05) is 6.07 Å². The lowest BCUT2D eigenvalue weighted by Gasteiger charge is -2.08. The smallest absolute Gasteiger partial charge is 0.251 e. The minimum atomic E-state index is -0.154. The number of methoxy groups -OCH3 is 1. The number of nitrogens with two attached hydrogens (primary N) is 1. The van der Waals surface area contributed by atoms with Crippen LogP contribution in [0.5, 0.6) is 5.75 Å². The van der Waals surface area contributed by atoms with E-state index in [2.05, 4.69) is 22.5 Å². The van der Waals surface area contributed by atoms with Gasteiger partial charge in [0.15, 0.2) is 5.96 Å². The lowest BCUT2D eigenvalue weighted by atomic mass is 10.1. The van der Waals surface area contributed by atoms with Crippen LogP contribution in [-0.2, 0) is 0 Å². The summed E-state index contributed by atoms with van der Waals surface area (Å²) >= 11 is 0. The zero-order chi connectivity index (χ0) is 18.2. The van der Waals surface area contributed by atoms with Gasteiger partial charge in [0.25, 0.3) is 5.91 Å². The summed E-state index contributed by atoms with van der Waals surface area (Å²) in [6.07, 6.45) is 0. The Balaban J connectivity index is 1.79. The number of carbonyl (C=O) groups is 1. The molecule has 0 saturated carbocycles. The van der Waals surface area contributed by atoms with Crippen LogP contribution < -0.4 is 21.1 Å². The highest BCUT2D eigenvalue weighted by atomic mass is 16.5. The largest absolute Gasteiger partial charge is 0.497 e. The lowest BCUT2D eigenvalue weighted by molar-refractivity contribution is 0.0955. The van der Waals surface area contributed by atoms with Crippen molar-refractivity contribution in [2.45, 2.75) is 13.8 Å². The Morgan fingerprint density at radius 3 is 2.48 bits per heavy atom. The van der Waals surface area contributed by atoms with E-state index in [0.29, 0.717) is 30.4 Å². The summed E-state index contributed by atoms with van der Waals surface area (Å²) in [6.45, 7) is 4.90. The average molecular weight is 340 g/mol. The molecule has 0 unspecified atom stereocenters. The Hall–Kier alpha value is -3.02. The molecule has 1 amide bonds. The van der Waals surface area contributed by atoms with Gasteiger partial charge in [-0.15, -0.1) is 0 Å². The van der Waals surface area contributed by atoms with Crippen LogP contribution in [0.4, 0.5) is 5.69 Å². The number of rotatable bonds is 6. The zero-order valence-electron chi connectivity index (χ0n) is 14.8. The summed E-state index contributed by atoms with van der Waals surface area (Å²) in [6, 6.07) is 12.9. The molecule has 132 valence electrons. The Morgan fingerprint density at radius 2 is 1.84 bits per heavy atom. The van der Waals surface area contributed by atoms with Crippen molar-refractivity contribution in [1.29, 1.82) is 0 Å². The summed E-state index contributed by atoms with van der Waals surface area (Å²) in [7, 11) is 1.59. The second kappa shape index (κ2) is 8.73. The van der Waals surface area contributed by atoms with Crippen LogP contribution in [0.3, 0.4) is 0 Å². The highest BCUT2D eigenvalue weighted by Gasteiger charge is 2.04. The van der Waals surface area contributed by atoms with Crippen molar-refractivity contribution in [3.63, 3.8) is 0 Å². The minimum absolute atomic E-state index is 0.154. The van der Waals surface area contributed by atoms with Crippen molar-refractivity contribution in [3.8, 4) is 5.75 Å². The predicted octanol–water partition coefficient (Wildman–Crippen LogP) is 2.47. The summed E-state index contributed by atoms with van der Waals surface area (Å²) in [4.78, 5) is 16.2. The van der Waals surface area contributed by atoms with E-state index in [9.17, 15) is 4.79 Å². The maximum Gasteiger partial charge on any atom is 0.251 e. The zero-order valence-corrected chi connectivity index (χ0v) is 14.8. The molecule has 0 atom stereocenters. The number of ether oxygens (including phenoxy) is 1. The molecule has 0 heterocycles. The second-order valence-corrected chi connectivity index (χ2v) is 5.68. The third kappa shape index (κ3) is 5.53. The molecule has 0 aromatic heterocycles. The molecule has 0 aliphatic heterocycles. The molecule has 25 heavy (non-hydrogen) atoms. The van der Waals surface area contributed by atoms with Gasteiger partial charge in [0, 0.05) is 17.8 Å². The van der Waals surface area contributed by atoms with Gasteiger partial charge in [-0.3, -0.25) is 9.79 Å². The molecule has 2 rings (SSSR count). The molecular weight excluding hydrogens is 316 g/mol. The number of aliphatic imine (C=N–C) groups is 1. The molecule has 0 aliphatic rings. The van der Waals surface area contributed by atoms with E-state index in [-0.39, 0.29) is 5.91 Å². The molecule has 4 N–H and O–H groups in total. The molecule has 0 bridgehead atoms. The van der Waals surface area contributed by atoms with Crippen LogP contribution in [0, 0.1) is 13.8 Å². The number of amides is 1. The minimum Gasteiger partial charge on any atom is -0.497 e. The molecule has 0 aliphatic carbocycles. The number of nitrogens with zero attached hydrogens (tertiary/aromatic N) is 1. The van der Waals surface area contributed by atoms with Crippen molar-refractivity contribution in [3.05, 3.63) is 59.2 Å². The van der Waals surface area contributed by atoms with Crippen molar-refractivity contribution in [2.75, 3.05) is 25.5 Å². The first-order valence-corrected chi connectivity index (χ1v) is 8.06. The number of hydrogen-bond donors (Lipinski definition) is 3. The summed E-state index contributed by atoms with van der Waals surface area (Å²) in [5, 5.41) is 5.85. The van der Waals surface area contributed by atoms with Gasteiger partial charge in [-0.05, 0) is 61.4 Å². The van der Waals surface area contributed by atoms with Crippen molar-refractivity contribution < 1.29 is 9.53 Å². The van der Waals surface area contributed by atoms with Crippen LogP contribution in [-0.4, -0.2) is 32.1 Å². The number of hydrogen-bond acceptors (Lipinski definition) is 3. The standard InChI is InChI=1S/C19H24N4O2/c1-13-4-7-16(12-14(13)2)23-19(20)22-11-10-21-18(24)15-5-8-17(25-3)9-6-15/h4-9,12H,10-11H2,1-3H3,(H,21,24)(H3,20,22,23). The molecule has 6 heteroatoms. The molecule has 2 aromatic rings. The summed E-state index contributed by atoms with van der Waals surface area (Å²) < 4.78 is 5.07. The SMILES string of the molecule is COc1ccc(C(=O)NCCN=C(N)Nc2ccc(C)c(C)c2)cc1. The van der Waals surface area contributed by atoms with Gasteiger partial charge >= 0.3 is 0 Å². The fourth-order valence-electron chi connectivity index (χ4n) is 2.20. The highest BCUT2D eigenvalue weighted by molar-refractivity contribution is 5.94. The van der Waals surface area contributed by atoms with Crippen LogP contribution in [0.2, 0.25) is 0 Å². The van der Waals surface area contributed by atoms with Crippen LogP contribution in [0.1, 0.15) is 21.5 Å². The van der Waals surface area contributed by atoms with Gasteiger partial charge in [0.1, 0.15) is 5.75 Å². The Bertz CT molecular complexity index is 755. The number of nitrogens with one attached hydrogen (secondary N) is 2. The molecule has 0 fully saturated rings. The van der Waals surface area contributed by atoms with Crippen LogP contribution >= 0.6 is 0 Å². The van der Waals surface area contributed by atoms with E-state index in [1.165, 1.54) is 11.1 Å². The molecule has 0 saturated heterocycles. The number of guanidine groups is 1. The van der Waals surface area contributed by atoms with Crippen LogP contribution in [0.25, 0.3) is 0 Å². The van der Waals surface area contributed by atoms with Gasteiger partial charge in [-0.25, -0.2) is 0 Å². The monoisotopic (exact) mass is 340 g/mol. The van der Waals surface area contributed by atoms with E-state index in [1.54, 1.807) is 31.4 Å². The van der Waals surface area contributed by atoms with Gasteiger partial charge in [0.2, 0.25) is 0 Å². The third-order valence-corrected chi connectivity index (χ3v) is 3.81. The molecule has 6 nitrogen and oxygen atoms in total. The fraction of sp³-hybridized carbons (Fsp3) is 0.263. The summed E-state index contributed by atoms with van der Waals surface area (Å²) in [5.41, 5.74) is 9.75. The normalized spacial score (nSPS) is 11.1. The Morgan fingerprint density at radius 1 is 1.12 bits per heavy atom. The highest BCUT2D eigenvalue weighted by Crippen LogP contribution is 2.13. The first-order valence-electron chi connectivity index (χ1n) is 8.06. The van der Waals surface area contributed by atoms with E-state index in [1.807, 2.05) is 25.1 Å². The lowest BCUT2D eigenvalue weighted by Crippen LogP contribution is -2.28. The average Bonchev–Trinajstić information content (AvgIpc) is 2.62. The van der Waals surface area contributed by atoms with Gasteiger partial charge in [0.05, 0.1) is 13.7 Å². The maximum absolute atomic E-state index is 12.0. The number of benzene rings is 2. The van der Waals surface area contributed by atoms with Crippen molar-refractivity contribution in [1.82, 2.24) is 5.32 Å². The van der Waals surface area contributed by atoms with Crippen LogP contribution in [0.15, 0.2) is 47.5 Å². The Kier molecular flexibility index (Phi) is 6.39. The van der Waals surface area contributed by atoms with Gasteiger partial charge in [-0.2, -0.15) is 0 Å². The third-order valence-electron chi connectivity index (χ3n) is 3.81. The number of carbonyl (C=O) groups excluding carboxylic acids is 1. The van der Waals surface area contributed by atoms with E-state index in [0.717, 1.165) is 5.69 Å². The first kappa shape index (κ1) is 18.3. The molecule has 0 spiro atoms. The van der Waals surface area contributed by atoms with E-state index >= 15 is 0 Å². The molecule has 2 aromatic carbocycles. The van der Waals surface area contributed by atoms with Gasteiger partial charge < -0.3 is 21.1 Å².